The van der Waals surface area contributed by atoms with Crippen LogP contribution in [-0.2, 0) is 4.74 Å². The molecule has 1 aromatic carbocycles. The Morgan fingerprint density at radius 3 is 2.44 bits per heavy atom. The maximum Gasteiger partial charge on any atom is 0.412 e. The number of amidine groups is 1. The first kappa shape index (κ1) is 14.0. The summed E-state index contributed by atoms with van der Waals surface area (Å²) >= 11 is 0. The first-order valence-electron chi connectivity index (χ1n) is 5.63. The maximum atomic E-state index is 11.6. The van der Waals surface area contributed by atoms with E-state index in [1.165, 1.54) is 0 Å². The summed E-state index contributed by atoms with van der Waals surface area (Å²) in [7, 11) is 0. The second kappa shape index (κ2) is 5.08. The molecule has 98 valence electrons. The second-order valence-electron chi connectivity index (χ2n) is 5.13. The molecule has 0 atom stereocenters. The van der Waals surface area contributed by atoms with Gasteiger partial charge in [0.1, 0.15) is 11.4 Å². The van der Waals surface area contributed by atoms with Gasteiger partial charge in [-0.25, -0.2) is 4.79 Å². The molecule has 0 saturated carbocycles. The fraction of sp³-hybridized carbons (Fsp3) is 0.385. The van der Waals surface area contributed by atoms with Crippen molar-refractivity contribution in [2.24, 2.45) is 5.73 Å². The molecule has 0 aliphatic heterocycles. The first-order valence-corrected chi connectivity index (χ1v) is 5.63. The van der Waals surface area contributed by atoms with E-state index in [4.69, 9.17) is 15.9 Å². The van der Waals surface area contributed by atoms with Crippen molar-refractivity contribution in [1.29, 1.82) is 5.41 Å². The summed E-state index contributed by atoms with van der Waals surface area (Å²) < 4.78 is 5.15. The molecule has 0 fully saturated rings. The molecule has 0 heterocycles. The van der Waals surface area contributed by atoms with Crippen LogP contribution in [0.15, 0.2) is 18.2 Å². The number of nitrogens with one attached hydrogen (secondary N) is 2. The van der Waals surface area contributed by atoms with Gasteiger partial charge in [-0.15, -0.1) is 0 Å². The van der Waals surface area contributed by atoms with Gasteiger partial charge >= 0.3 is 6.09 Å². The Morgan fingerprint density at radius 2 is 1.94 bits per heavy atom. The summed E-state index contributed by atoms with van der Waals surface area (Å²) in [4.78, 5) is 11.6. The molecule has 5 nitrogen and oxygen atoms in total. The molecule has 18 heavy (non-hydrogen) atoms. The normalized spacial score (nSPS) is 10.9. The molecule has 0 aliphatic rings. The fourth-order valence-electron chi connectivity index (χ4n) is 1.43. The molecule has 1 aromatic rings. The second-order valence-corrected chi connectivity index (χ2v) is 5.13. The molecule has 0 saturated heterocycles. The highest BCUT2D eigenvalue weighted by atomic mass is 16.6. The summed E-state index contributed by atoms with van der Waals surface area (Å²) in [5.41, 5.74) is 6.92. The van der Waals surface area contributed by atoms with Gasteiger partial charge in [0.2, 0.25) is 0 Å². The Kier molecular flexibility index (Phi) is 3.96. The molecule has 4 N–H and O–H groups in total. The highest BCUT2D eigenvalue weighted by Gasteiger charge is 2.16. The van der Waals surface area contributed by atoms with E-state index in [0.717, 1.165) is 5.56 Å². The van der Waals surface area contributed by atoms with Crippen LogP contribution in [0.3, 0.4) is 0 Å². The SMILES string of the molecule is Cc1cc(NC(=O)OC(C)(C)C)cc(C(=N)N)c1. The zero-order valence-electron chi connectivity index (χ0n) is 11.1. The maximum absolute atomic E-state index is 11.6. The summed E-state index contributed by atoms with van der Waals surface area (Å²) in [5.74, 6) is -0.0362. The van der Waals surface area contributed by atoms with Crippen molar-refractivity contribution < 1.29 is 9.53 Å². The minimum atomic E-state index is -0.544. The Morgan fingerprint density at radius 1 is 1.33 bits per heavy atom. The van der Waals surface area contributed by atoms with Gasteiger partial charge in [0, 0.05) is 11.3 Å². The summed E-state index contributed by atoms with van der Waals surface area (Å²) in [6, 6.07) is 5.21. The van der Waals surface area contributed by atoms with Crippen molar-refractivity contribution in [3.63, 3.8) is 0 Å². The van der Waals surface area contributed by atoms with Crippen LogP contribution in [0.2, 0.25) is 0 Å². The number of hydrogen-bond acceptors (Lipinski definition) is 3. The Bertz CT molecular complexity index is 476. The summed E-state index contributed by atoms with van der Waals surface area (Å²) in [6.45, 7) is 7.25. The number of rotatable bonds is 2. The van der Waals surface area contributed by atoms with E-state index in [1.54, 1.807) is 39.0 Å². The van der Waals surface area contributed by atoms with Crippen molar-refractivity contribution in [2.45, 2.75) is 33.3 Å². The zero-order valence-corrected chi connectivity index (χ0v) is 11.1. The van der Waals surface area contributed by atoms with Crippen LogP contribution in [0.4, 0.5) is 10.5 Å². The van der Waals surface area contributed by atoms with Crippen LogP contribution in [-0.4, -0.2) is 17.5 Å². The van der Waals surface area contributed by atoms with Crippen LogP contribution in [0.25, 0.3) is 0 Å². The number of nitrogen functional groups attached to an aromatic ring is 1. The monoisotopic (exact) mass is 249 g/mol. The number of nitrogens with two attached hydrogens (primary N) is 1. The topological polar surface area (TPSA) is 88.2 Å². The molecular formula is C13H19N3O2. The van der Waals surface area contributed by atoms with E-state index < -0.39 is 11.7 Å². The number of hydrogen-bond donors (Lipinski definition) is 3. The Hall–Kier alpha value is -2.04. The molecule has 0 bridgehead atoms. The average molecular weight is 249 g/mol. The number of benzene rings is 1. The van der Waals surface area contributed by atoms with E-state index in [-0.39, 0.29) is 5.84 Å². The van der Waals surface area contributed by atoms with Gasteiger partial charge in [0.25, 0.3) is 0 Å². The predicted molar refractivity (Wildman–Crippen MR) is 72.1 cm³/mol. The Labute approximate surface area is 107 Å². The Balaban J connectivity index is 2.85. The predicted octanol–water partition coefficient (Wildman–Crippen LogP) is 2.63. The molecule has 0 aromatic heterocycles. The third kappa shape index (κ3) is 4.45. The fourth-order valence-corrected chi connectivity index (χ4v) is 1.43. The van der Waals surface area contributed by atoms with Crippen LogP contribution in [0.5, 0.6) is 0 Å². The number of carbonyl (C=O) groups is 1. The summed E-state index contributed by atoms with van der Waals surface area (Å²) in [5, 5.41) is 10.0. The van der Waals surface area contributed by atoms with Crippen LogP contribution >= 0.6 is 0 Å². The third-order valence-corrected chi connectivity index (χ3v) is 2.03. The molecule has 0 radical (unpaired) electrons. The minimum absolute atomic E-state index is 0.0362. The van der Waals surface area contributed by atoms with Crippen LogP contribution < -0.4 is 11.1 Å². The molecule has 1 amide bonds. The van der Waals surface area contributed by atoms with Gasteiger partial charge in [0.05, 0.1) is 0 Å². The lowest BCUT2D eigenvalue weighted by Crippen LogP contribution is -2.27. The lowest BCUT2D eigenvalue weighted by atomic mass is 10.1. The zero-order chi connectivity index (χ0) is 13.9. The first-order chi connectivity index (χ1) is 8.17. The van der Waals surface area contributed by atoms with Gasteiger partial charge in [-0.05, 0) is 51.5 Å². The molecular weight excluding hydrogens is 230 g/mol. The quantitative estimate of drug-likeness (QED) is 0.556. The number of carbonyl (C=O) groups excluding carboxylic acids is 1. The van der Waals surface area contributed by atoms with E-state index in [1.807, 2.05) is 6.92 Å². The van der Waals surface area contributed by atoms with E-state index in [9.17, 15) is 4.79 Å². The lowest BCUT2D eigenvalue weighted by molar-refractivity contribution is 0.0636. The molecule has 5 heteroatoms. The van der Waals surface area contributed by atoms with Gasteiger partial charge in [0.15, 0.2) is 0 Å². The number of ether oxygens (including phenoxy) is 1. The third-order valence-electron chi connectivity index (χ3n) is 2.03. The average Bonchev–Trinajstić information content (AvgIpc) is 2.12. The van der Waals surface area contributed by atoms with Gasteiger partial charge in [-0.1, -0.05) is 0 Å². The van der Waals surface area contributed by atoms with Crippen molar-refractivity contribution in [3.05, 3.63) is 29.3 Å². The van der Waals surface area contributed by atoms with Crippen molar-refractivity contribution in [1.82, 2.24) is 0 Å². The lowest BCUT2D eigenvalue weighted by Gasteiger charge is -2.20. The van der Waals surface area contributed by atoms with Crippen molar-refractivity contribution in [3.8, 4) is 0 Å². The largest absolute Gasteiger partial charge is 0.444 e. The van der Waals surface area contributed by atoms with Gasteiger partial charge in [-0.2, -0.15) is 0 Å². The highest BCUT2D eigenvalue weighted by Crippen LogP contribution is 2.16. The van der Waals surface area contributed by atoms with Crippen molar-refractivity contribution >= 4 is 17.6 Å². The van der Waals surface area contributed by atoms with Gasteiger partial charge < -0.3 is 10.5 Å². The minimum Gasteiger partial charge on any atom is -0.444 e. The molecule has 0 spiro atoms. The number of aryl methyl sites for hydroxylation is 1. The van der Waals surface area contributed by atoms with Gasteiger partial charge in [-0.3, -0.25) is 10.7 Å². The van der Waals surface area contributed by atoms with Crippen LogP contribution in [0.1, 0.15) is 31.9 Å². The summed E-state index contributed by atoms with van der Waals surface area (Å²) in [6.07, 6.45) is -0.525. The van der Waals surface area contributed by atoms with E-state index >= 15 is 0 Å². The smallest absolute Gasteiger partial charge is 0.412 e. The van der Waals surface area contributed by atoms with Crippen molar-refractivity contribution in [2.75, 3.05) is 5.32 Å². The standard InChI is InChI=1S/C13H19N3O2/c1-8-5-9(11(14)15)7-10(6-8)16-12(17)18-13(2,3)4/h5-7H,1-4H3,(H3,14,15)(H,16,17). The highest BCUT2D eigenvalue weighted by molar-refractivity contribution is 5.97. The van der Waals surface area contributed by atoms with E-state index in [2.05, 4.69) is 5.32 Å². The molecule has 0 aliphatic carbocycles. The molecule has 0 unspecified atom stereocenters. The van der Waals surface area contributed by atoms with Crippen LogP contribution in [0, 0.1) is 12.3 Å². The van der Waals surface area contributed by atoms with E-state index in [0.29, 0.717) is 11.3 Å². The molecule has 1 rings (SSSR count). The number of amides is 1. The number of anilines is 1.